The number of anilines is 1. The van der Waals surface area contributed by atoms with Crippen LogP contribution in [0.2, 0.25) is 5.15 Å². The first-order valence-electron chi connectivity index (χ1n) is 12.8. The molecule has 10 heteroatoms. The number of aromatic nitrogens is 5. The van der Waals surface area contributed by atoms with Gasteiger partial charge in [0.2, 0.25) is 0 Å². The molecule has 5 rings (SSSR count). The minimum absolute atomic E-state index is 0.210. The first-order valence-corrected chi connectivity index (χ1v) is 13.2. The second-order valence-corrected chi connectivity index (χ2v) is 10.2. The summed E-state index contributed by atoms with van der Waals surface area (Å²) in [6.07, 6.45) is 6.68. The van der Waals surface area contributed by atoms with E-state index in [2.05, 4.69) is 44.2 Å². The van der Waals surface area contributed by atoms with E-state index in [1.54, 1.807) is 17.1 Å². The third kappa shape index (κ3) is 5.43. The number of nitrogens with one attached hydrogen (secondary N) is 3. The molecule has 0 saturated carbocycles. The first kappa shape index (κ1) is 25.5. The van der Waals surface area contributed by atoms with Gasteiger partial charge in [-0.25, -0.2) is 9.97 Å². The van der Waals surface area contributed by atoms with Crippen LogP contribution in [0.4, 0.5) is 10.1 Å². The largest absolute Gasteiger partial charge is 0.384 e. The summed E-state index contributed by atoms with van der Waals surface area (Å²) in [5.74, 6) is 1.00. The molecule has 0 amide bonds. The van der Waals surface area contributed by atoms with Gasteiger partial charge in [-0.05, 0) is 68.5 Å². The van der Waals surface area contributed by atoms with Gasteiger partial charge in [-0.1, -0.05) is 17.7 Å². The Kier molecular flexibility index (Phi) is 7.62. The Morgan fingerprint density at radius 2 is 2.08 bits per heavy atom. The van der Waals surface area contributed by atoms with Crippen molar-refractivity contribution in [3.05, 3.63) is 63.1 Å². The third-order valence-electron chi connectivity index (χ3n) is 7.28. The molecule has 3 N–H and O–H groups in total. The van der Waals surface area contributed by atoms with Gasteiger partial charge in [-0.2, -0.15) is 0 Å². The zero-order valence-corrected chi connectivity index (χ0v) is 22.0. The fourth-order valence-electron chi connectivity index (χ4n) is 5.25. The van der Waals surface area contributed by atoms with Gasteiger partial charge in [-0.15, -0.1) is 0 Å². The van der Waals surface area contributed by atoms with E-state index < -0.39 is 0 Å². The average molecular weight is 526 g/mol. The number of aromatic amines is 2. The maximum Gasteiger partial charge on any atom is 0.261 e. The molecule has 8 nitrogen and oxygen atoms in total. The second-order valence-electron chi connectivity index (χ2n) is 9.84. The summed E-state index contributed by atoms with van der Waals surface area (Å²) in [5.41, 5.74) is 5.95. The van der Waals surface area contributed by atoms with Gasteiger partial charge < -0.3 is 24.8 Å². The Balaban J connectivity index is 1.36. The van der Waals surface area contributed by atoms with Crippen molar-refractivity contribution in [1.29, 1.82) is 0 Å². The van der Waals surface area contributed by atoms with Crippen molar-refractivity contribution in [1.82, 2.24) is 29.4 Å². The number of imidazole rings is 2. The molecule has 0 radical (unpaired) electrons. The summed E-state index contributed by atoms with van der Waals surface area (Å²) in [6, 6.07) is 6.24. The highest BCUT2D eigenvalue weighted by Crippen LogP contribution is 2.33. The SMILES string of the molecule is Cc1cc(C2CCN(CCCF)CC2)cc2[nH]c(-c3c(NCCc4ncn(C)c4Cl)cc[nH]c3=O)nc12. The minimum atomic E-state index is -0.252. The molecule has 0 spiro atoms. The molecule has 1 aromatic carbocycles. The van der Waals surface area contributed by atoms with Gasteiger partial charge in [0.1, 0.15) is 16.5 Å². The van der Waals surface area contributed by atoms with Gasteiger partial charge in [-0.3, -0.25) is 9.18 Å². The third-order valence-corrected chi connectivity index (χ3v) is 7.76. The number of hydrogen-bond donors (Lipinski definition) is 3. The number of pyridine rings is 1. The molecule has 4 heterocycles. The van der Waals surface area contributed by atoms with Crippen LogP contribution in [-0.4, -0.2) is 62.3 Å². The molecule has 196 valence electrons. The van der Waals surface area contributed by atoms with Crippen LogP contribution in [0.25, 0.3) is 22.4 Å². The second kappa shape index (κ2) is 11.1. The lowest BCUT2D eigenvalue weighted by atomic mass is 9.88. The smallest absolute Gasteiger partial charge is 0.261 e. The van der Waals surface area contributed by atoms with Crippen molar-refractivity contribution in [3.63, 3.8) is 0 Å². The number of H-pyrrole nitrogens is 2. The summed E-state index contributed by atoms with van der Waals surface area (Å²) in [4.78, 5) is 30.6. The number of halogens is 2. The number of benzene rings is 1. The summed E-state index contributed by atoms with van der Waals surface area (Å²) in [7, 11) is 1.86. The van der Waals surface area contributed by atoms with E-state index in [4.69, 9.17) is 16.6 Å². The number of fused-ring (bicyclic) bond motifs is 1. The van der Waals surface area contributed by atoms with Crippen LogP contribution in [0.1, 0.15) is 42.0 Å². The van der Waals surface area contributed by atoms with Crippen molar-refractivity contribution in [2.45, 2.75) is 38.5 Å². The van der Waals surface area contributed by atoms with Crippen LogP contribution in [0, 0.1) is 6.92 Å². The minimum Gasteiger partial charge on any atom is -0.384 e. The summed E-state index contributed by atoms with van der Waals surface area (Å²) < 4.78 is 14.3. The van der Waals surface area contributed by atoms with E-state index in [0.29, 0.717) is 47.5 Å². The van der Waals surface area contributed by atoms with Crippen LogP contribution in [0.5, 0.6) is 0 Å². The first-order chi connectivity index (χ1) is 17.9. The fourth-order valence-corrected chi connectivity index (χ4v) is 5.44. The van der Waals surface area contributed by atoms with Gasteiger partial charge in [0.05, 0.1) is 35.4 Å². The van der Waals surface area contributed by atoms with Crippen LogP contribution >= 0.6 is 11.6 Å². The predicted octanol–water partition coefficient (Wildman–Crippen LogP) is 4.81. The number of rotatable bonds is 9. The number of hydrogen-bond acceptors (Lipinski definition) is 5. The number of nitrogens with zero attached hydrogens (tertiary/aromatic N) is 4. The Bertz CT molecular complexity index is 1430. The fraction of sp³-hybridized carbons (Fsp3) is 0.444. The van der Waals surface area contributed by atoms with E-state index in [0.717, 1.165) is 54.8 Å². The maximum absolute atomic E-state index is 12.9. The maximum atomic E-state index is 12.9. The number of alkyl halides is 1. The van der Waals surface area contributed by atoms with Gasteiger partial charge in [0, 0.05) is 32.8 Å². The molecular weight excluding hydrogens is 493 g/mol. The Morgan fingerprint density at radius 1 is 1.27 bits per heavy atom. The molecule has 1 aliphatic heterocycles. The monoisotopic (exact) mass is 525 g/mol. The van der Waals surface area contributed by atoms with Crippen molar-refractivity contribution in [3.8, 4) is 11.4 Å². The molecule has 1 aliphatic rings. The average Bonchev–Trinajstić information content (AvgIpc) is 3.46. The Morgan fingerprint density at radius 3 is 2.81 bits per heavy atom. The predicted molar refractivity (Wildman–Crippen MR) is 146 cm³/mol. The number of likely N-dealkylation sites (tertiary alicyclic amines) is 1. The lowest BCUT2D eigenvalue weighted by molar-refractivity contribution is 0.204. The summed E-state index contributed by atoms with van der Waals surface area (Å²) in [5, 5.41) is 3.98. The van der Waals surface area contributed by atoms with E-state index in [9.17, 15) is 9.18 Å². The van der Waals surface area contributed by atoms with Gasteiger partial charge >= 0.3 is 0 Å². The van der Waals surface area contributed by atoms with Gasteiger partial charge in [0.15, 0.2) is 0 Å². The molecule has 0 bridgehead atoms. The molecule has 37 heavy (non-hydrogen) atoms. The van der Waals surface area contributed by atoms with E-state index >= 15 is 0 Å². The highest BCUT2D eigenvalue weighted by Gasteiger charge is 2.22. The lowest BCUT2D eigenvalue weighted by Gasteiger charge is -2.32. The lowest BCUT2D eigenvalue weighted by Crippen LogP contribution is -2.33. The standard InChI is InChI=1S/C27H33ClFN7O/c1-17-14-19(18-6-12-36(13-7-18)11-3-8-29)15-22-24(17)34-26(33-22)23-20(4-10-31-27(23)37)30-9-5-21-25(28)35(2)16-32-21/h4,10,14-16,18H,3,5-9,11-13H2,1-2H3,(H,33,34)(H2,30,31,37). The van der Waals surface area contributed by atoms with E-state index in [-0.39, 0.29) is 12.2 Å². The molecule has 3 aromatic heterocycles. The molecule has 0 unspecified atom stereocenters. The zero-order chi connectivity index (χ0) is 25.9. The molecule has 1 fully saturated rings. The van der Waals surface area contributed by atoms with Crippen LogP contribution in [0.3, 0.4) is 0 Å². The quantitative estimate of drug-likeness (QED) is 0.291. The Labute approximate surface area is 220 Å². The summed E-state index contributed by atoms with van der Waals surface area (Å²) >= 11 is 6.29. The Hall–Kier alpha value is -3.17. The van der Waals surface area contributed by atoms with Crippen LogP contribution in [0.15, 0.2) is 35.5 Å². The van der Waals surface area contributed by atoms with E-state index in [1.807, 2.05) is 13.1 Å². The van der Waals surface area contributed by atoms with Crippen molar-refractivity contribution in [2.24, 2.45) is 7.05 Å². The van der Waals surface area contributed by atoms with Gasteiger partial charge in [0.25, 0.3) is 5.56 Å². The summed E-state index contributed by atoms with van der Waals surface area (Å²) in [6.45, 7) is 5.21. The van der Waals surface area contributed by atoms with Crippen LogP contribution < -0.4 is 10.9 Å². The highest BCUT2D eigenvalue weighted by molar-refractivity contribution is 6.30. The topological polar surface area (TPSA) is 94.6 Å². The number of aryl methyl sites for hydroxylation is 2. The van der Waals surface area contributed by atoms with Crippen molar-refractivity contribution < 1.29 is 4.39 Å². The molecular formula is C27H33ClFN7O. The van der Waals surface area contributed by atoms with Crippen molar-refractivity contribution >= 4 is 28.3 Å². The van der Waals surface area contributed by atoms with Crippen LogP contribution in [-0.2, 0) is 13.5 Å². The van der Waals surface area contributed by atoms with Crippen molar-refractivity contribution in [2.75, 3.05) is 38.2 Å². The zero-order valence-electron chi connectivity index (χ0n) is 21.3. The number of piperidine rings is 1. The molecule has 0 atom stereocenters. The van der Waals surface area contributed by atoms with E-state index in [1.165, 1.54) is 5.56 Å². The highest BCUT2D eigenvalue weighted by atomic mass is 35.5. The molecule has 0 aliphatic carbocycles. The normalized spacial score (nSPS) is 15.0. The molecule has 1 saturated heterocycles. The molecule has 4 aromatic rings.